The molecule has 1 amide bonds. The Morgan fingerprint density at radius 2 is 2.35 bits per heavy atom. The van der Waals surface area contributed by atoms with Gasteiger partial charge in [0.2, 0.25) is 0 Å². The van der Waals surface area contributed by atoms with Gasteiger partial charge in [-0.1, -0.05) is 6.92 Å². The third kappa shape index (κ3) is 3.77. The number of imidazole rings is 1. The van der Waals surface area contributed by atoms with Crippen LogP contribution in [0.1, 0.15) is 34.3 Å². The molecule has 0 bridgehead atoms. The second-order valence-corrected chi connectivity index (χ2v) is 4.80. The molecule has 7 heteroatoms. The molecule has 0 radical (unpaired) electrons. The first-order chi connectivity index (χ1) is 8.06. The molecule has 0 aromatic carbocycles. The summed E-state index contributed by atoms with van der Waals surface area (Å²) in [5.41, 5.74) is -0.255. The van der Waals surface area contributed by atoms with E-state index in [1.807, 2.05) is 6.26 Å². The SMILES string of the molecule is CSC(C)CCNC(=O)c1nc[nH]c1C(=O)O. The van der Waals surface area contributed by atoms with Gasteiger partial charge in [-0.15, -0.1) is 0 Å². The molecule has 0 spiro atoms. The van der Waals surface area contributed by atoms with Gasteiger partial charge in [0.25, 0.3) is 5.91 Å². The number of hydrogen-bond donors (Lipinski definition) is 3. The van der Waals surface area contributed by atoms with Gasteiger partial charge in [0.1, 0.15) is 0 Å². The fraction of sp³-hybridized carbons (Fsp3) is 0.500. The zero-order valence-corrected chi connectivity index (χ0v) is 10.5. The fourth-order valence-corrected chi connectivity index (χ4v) is 1.57. The van der Waals surface area contributed by atoms with Crippen LogP contribution in [-0.4, -0.2) is 45.0 Å². The monoisotopic (exact) mass is 257 g/mol. The van der Waals surface area contributed by atoms with E-state index < -0.39 is 11.9 Å². The van der Waals surface area contributed by atoms with Crippen molar-refractivity contribution in [1.82, 2.24) is 15.3 Å². The minimum Gasteiger partial charge on any atom is -0.477 e. The van der Waals surface area contributed by atoms with E-state index in [9.17, 15) is 9.59 Å². The fourth-order valence-electron chi connectivity index (χ4n) is 1.22. The highest BCUT2D eigenvalue weighted by Crippen LogP contribution is 2.08. The van der Waals surface area contributed by atoms with Gasteiger partial charge in [0, 0.05) is 11.8 Å². The van der Waals surface area contributed by atoms with Crippen molar-refractivity contribution in [3.8, 4) is 0 Å². The molecule has 0 aliphatic rings. The Labute approximate surface area is 103 Å². The Balaban J connectivity index is 2.53. The van der Waals surface area contributed by atoms with Crippen LogP contribution < -0.4 is 5.32 Å². The van der Waals surface area contributed by atoms with Crippen LogP contribution in [0.2, 0.25) is 0 Å². The van der Waals surface area contributed by atoms with Crippen LogP contribution in [0.15, 0.2) is 6.33 Å². The molecule has 0 aliphatic heterocycles. The molecule has 0 aliphatic carbocycles. The average molecular weight is 257 g/mol. The molecule has 94 valence electrons. The van der Waals surface area contributed by atoms with Crippen LogP contribution in [0.4, 0.5) is 0 Å². The lowest BCUT2D eigenvalue weighted by molar-refractivity contribution is 0.0685. The van der Waals surface area contributed by atoms with Gasteiger partial charge in [0.15, 0.2) is 11.4 Å². The third-order valence-electron chi connectivity index (χ3n) is 2.31. The Bertz CT molecular complexity index is 405. The predicted octanol–water partition coefficient (Wildman–Crippen LogP) is 0.979. The number of nitrogens with zero attached hydrogens (tertiary/aromatic N) is 1. The molecule has 1 unspecified atom stereocenters. The molecular formula is C10H15N3O3S. The number of carbonyl (C=O) groups is 2. The molecule has 1 aromatic rings. The number of thioether (sulfide) groups is 1. The molecule has 17 heavy (non-hydrogen) atoms. The maximum absolute atomic E-state index is 11.6. The summed E-state index contributed by atoms with van der Waals surface area (Å²) in [4.78, 5) is 28.5. The molecule has 1 rings (SSSR count). The predicted molar refractivity (Wildman–Crippen MR) is 65.5 cm³/mol. The topological polar surface area (TPSA) is 95.1 Å². The van der Waals surface area contributed by atoms with Crippen molar-refractivity contribution < 1.29 is 14.7 Å². The van der Waals surface area contributed by atoms with Crippen LogP contribution >= 0.6 is 11.8 Å². The quantitative estimate of drug-likeness (QED) is 0.706. The van der Waals surface area contributed by atoms with Crippen LogP contribution in [0.25, 0.3) is 0 Å². The lowest BCUT2D eigenvalue weighted by atomic mass is 10.3. The Morgan fingerprint density at radius 1 is 1.65 bits per heavy atom. The molecule has 1 heterocycles. The third-order valence-corrected chi connectivity index (χ3v) is 3.35. The van der Waals surface area contributed by atoms with Gasteiger partial charge < -0.3 is 15.4 Å². The molecular weight excluding hydrogens is 242 g/mol. The number of carbonyl (C=O) groups excluding carboxylic acids is 1. The van der Waals surface area contributed by atoms with Crippen LogP contribution in [0.5, 0.6) is 0 Å². The number of aromatic carboxylic acids is 1. The molecule has 0 fully saturated rings. The van der Waals surface area contributed by atoms with Gasteiger partial charge in [-0.05, 0) is 12.7 Å². The first kappa shape index (κ1) is 13.6. The summed E-state index contributed by atoms with van der Waals surface area (Å²) in [7, 11) is 0. The highest BCUT2D eigenvalue weighted by molar-refractivity contribution is 7.99. The van der Waals surface area contributed by atoms with Gasteiger partial charge >= 0.3 is 5.97 Å². The van der Waals surface area contributed by atoms with Crippen molar-refractivity contribution >= 4 is 23.6 Å². The first-order valence-corrected chi connectivity index (χ1v) is 6.42. The van der Waals surface area contributed by atoms with Crippen molar-refractivity contribution in [3.05, 3.63) is 17.7 Å². The summed E-state index contributed by atoms with van der Waals surface area (Å²) < 4.78 is 0. The smallest absolute Gasteiger partial charge is 0.354 e. The molecule has 1 atom stereocenters. The summed E-state index contributed by atoms with van der Waals surface area (Å²) >= 11 is 1.71. The van der Waals surface area contributed by atoms with E-state index in [0.717, 1.165) is 6.42 Å². The molecule has 0 saturated heterocycles. The van der Waals surface area contributed by atoms with E-state index in [4.69, 9.17) is 5.11 Å². The summed E-state index contributed by atoms with van der Waals surface area (Å²) in [6, 6.07) is 0. The number of hydrogen-bond acceptors (Lipinski definition) is 4. The number of nitrogens with one attached hydrogen (secondary N) is 2. The zero-order chi connectivity index (χ0) is 12.8. The highest BCUT2D eigenvalue weighted by Gasteiger charge is 2.19. The Hall–Kier alpha value is -1.50. The van der Waals surface area contributed by atoms with Crippen molar-refractivity contribution in [2.24, 2.45) is 0 Å². The van der Waals surface area contributed by atoms with Crippen LogP contribution in [-0.2, 0) is 0 Å². The highest BCUT2D eigenvalue weighted by atomic mass is 32.2. The van der Waals surface area contributed by atoms with Crippen LogP contribution in [0, 0.1) is 0 Å². The molecule has 3 N–H and O–H groups in total. The number of rotatable bonds is 6. The lowest BCUT2D eigenvalue weighted by Crippen LogP contribution is -2.27. The Kier molecular flexibility index (Phi) is 5.02. The van der Waals surface area contributed by atoms with Gasteiger partial charge in [-0.2, -0.15) is 11.8 Å². The summed E-state index contributed by atoms with van der Waals surface area (Å²) in [5.74, 6) is -1.65. The van der Waals surface area contributed by atoms with Gasteiger partial charge in [0.05, 0.1) is 6.33 Å². The second kappa shape index (κ2) is 6.29. The molecule has 0 saturated carbocycles. The minimum absolute atomic E-state index is 0.0747. The number of carboxylic acid groups (broad SMARTS) is 1. The molecule has 6 nitrogen and oxygen atoms in total. The van der Waals surface area contributed by atoms with Crippen molar-refractivity contribution in [2.45, 2.75) is 18.6 Å². The molecule has 1 aromatic heterocycles. The van der Waals surface area contributed by atoms with Gasteiger partial charge in [-0.3, -0.25) is 4.79 Å². The minimum atomic E-state index is -1.19. The lowest BCUT2D eigenvalue weighted by Gasteiger charge is -2.08. The normalized spacial score (nSPS) is 12.1. The zero-order valence-electron chi connectivity index (χ0n) is 9.69. The Morgan fingerprint density at radius 3 is 2.94 bits per heavy atom. The van der Waals surface area contributed by atoms with E-state index in [-0.39, 0.29) is 11.4 Å². The van der Waals surface area contributed by atoms with Crippen LogP contribution in [0.3, 0.4) is 0 Å². The maximum Gasteiger partial charge on any atom is 0.354 e. The first-order valence-electron chi connectivity index (χ1n) is 5.14. The van der Waals surface area contributed by atoms with E-state index in [0.29, 0.717) is 11.8 Å². The number of carboxylic acids is 1. The summed E-state index contributed by atoms with van der Waals surface area (Å²) in [5, 5.41) is 11.9. The van der Waals surface area contributed by atoms with Gasteiger partial charge in [-0.25, -0.2) is 9.78 Å². The van der Waals surface area contributed by atoms with E-state index in [1.54, 1.807) is 11.8 Å². The van der Waals surface area contributed by atoms with E-state index in [2.05, 4.69) is 22.2 Å². The standard InChI is InChI=1S/C10H15N3O3S/c1-6(17-2)3-4-11-9(14)7-8(10(15)16)13-5-12-7/h5-6H,3-4H2,1-2H3,(H,11,14)(H,12,13)(H,15,16). The van der Waals surface area contributed by atoms with E-state index in [1.165, 1.54) is 6.33 Å². The second-order valence-electron chi connectivity index (χ2n) is 3.52. The number of amides is 1. The number of aromatic amines is 1. The van der Waals surface area contributed by atoms with Crippen molar-refractivity contribution in [1.29, 1.82) is 0 Å². The van der Waals surface area contributed by atoms with Crippen molar-refractivity contribution in [2.75, 3.05) is 12.8 Å². The number of H-pyrrole nitrogens is 1. The average Bonchev–Trinajstić information content (AvgIpc) is 2.77. The van der Waals surface area contributed by atoms with Crippen molar-refractivity contribution in [3.63, 3.8) is 0 Å². The largest absolute Gasteiger partial charge is 0.477 e. The van der Waals surface area contributed by atoms with E-state index >= 15 is 0 Å². The summed E-state index contributed by atoms with van der Waals surface area (Å²) in [6.45, 7) is 2.57. The maximum atomic E-state index is 11.6. The number of aromatic nitrogens is 2. The summed E-state index contributed by atoms with van der Waals surface area (Å²) in [6.07, 6.45) is 4.03.